The highest BCUT2D eigenvalue weighted by Crippen LogP contribution is 2.35. The lowest BCUT2D eigenvalue weighted by atomic mass is 10.1. The van der Waals surface area contributed by atoms with Gasteiger partial charge < -0.3 is 14.3 Å². The number of benzene rings is 1. The molecule has 2 aromatic rings. The number of hydrogen-bond acceptors (Lipinski definition) is 6. The Labute approximate surface area is 143 Å². The van der Waals surface area contributed by atoms with Crippen LogP contribution in [0.5, 0.6) is 0 Å². The van der Waals surface area contributed by atoms with Gasteiger partial charge in [0.25, 0.3) is 0 Å². The van der Waals surface area contributed by atoms with E-state index in [1.54, 1.807) is 31.2 Å². The molecule has 3 rings (SSSR count). The van der Waals surface area contributed by atoms with E-state index >= 15 is 0 Å². The molecule has 2 N–H and O–H groups in total. The first-order valence-corrected chi connectivity index (χ1v) is 8.61. The van der Waals surface area contributed by atoms with Gasteiger partial charge in [-0.05, 0) is 31.2 Å². The highest BCUT2D eigenvalue weighted by Gasteiger charge is 2.32. The Morgan fingerprint density at radius 1 is 1.29 bits per heavy atom. The molecule has 1 aromatic heterocycles. The zero-order chi connectivity index (χ0) is 17.1. The van der Waals surface area contributed by atoms with Crippen molar-refractivity contribution in [3.63, 3.8) is 0 Å². The Morgan fingerprint density at radius 2 is 2.04 bits per heavy atom. The molecule has 0 amide bonds. The summed E-state index contributed by atoms with van der Waals surface area (Å²) in [5.74, 6) is 0.654. The van der Waals surface area contributed by atoms with E-state index in [1.165, 1.54) is 11.8 Å². The topological polar surface area (TPSA) is 88.8 Å². The Bertz CT molecular complexity index is 740. The van der Waals surface area contributed by atoms with Gasteiger partial charge in [0.05, 0.1) is 12.2 Å². The minimum atomic E-state index is -0.855. The third-order valence-electron chi connectivity index (χ3n) is 3.65. The number of carbonyl (C=O) groups excluding carboxylic acids is 1. The first kappa shape index (κ1) is 16.6. The standard InChI is InChI=1S/C17H17NO5S/c1-2-22-17(21)11-5-3-10(4-6-11)13-7-8-14(23-13)15-18-12(9-24-15)16(19)20/h3-8,12,15,18H,2,9H2,1H3,(H,19,20). The summed E-state index contributed by atoms with van der Waals surface area (Å²) in [5, 5.41) is 11.9. The number of hydrogen-bond donors (Lipinski definition) is 2. The molecule has 0 radical (unpaired) electrons. The fraction of sp³-hybridized carbons (Fsp3) is 0.294. The monoisotopic (exact) mass is 347 g/mol. The van der Waals surface area contributed by atoms with Crippen molar-refractivity contribution in [3.8, 4) is 11.3 Å². The van der Waals surface area contributed by atoms with Crippen LogP contribution < -0.4 is 5.32 Å². The molecule has 0 aliphatic carbocycles. The van der Waals surface area contributed by atoms with Crippen LogP contribution in [0.15, 0.2) is 40.8 Å². The highest BCUT2D eigenvalue weighted by molar-refractivity contribution is 7.99. The molecular weight excluding hydrogens is 330 g/mol. The molecule has 1 fully saturated rings. The molecule has 2 unspecified atom stereocenters. The summed E-state index contributed by atoms with van der Waals surface area (Å²) in [5.41, 5.74) is 1.33. The van der Waals surface area contributed by atoms with Gasteiger partial charge in [0.2, 0.25) is 0 Å². The van der Waals surface area contributed by atoms with E-state index in [1.807, 2.05) is 12.1 Å². The minimum Gasteiger partial charge on any atom is -0.480 e. The second-order valence-electron chi connectivity index (χ2n) is 5.27. The smallest absolute Gasteiger partial charge is 0.338 e. The van der Waals surface area contributed by atoms with Gasteiger partial charge in [-0.3, -0.25) is 10.1 Å². The molecule has 1 aliphatic heterocycles. The van der Waals surface area contributed by atoms with Crippen LogP contribution in [0.2, 0.25) is 0 Å². The van der Waals surface area contributed by atoms with Gasteiger partial charge in [-0.15, -0.1) is 11.8 Å². The number of ether oxygens (including phenoxy) is 1. The SMILES string of the molecule is CCOC(=O)c1ccc(-c2ccc(C3NC(C(=O)O)CS3)o2)cc1. The van der Waals surface area contributed by atoms with E-state index in [0.717, 1.165) is 5.56 Å². The zero-order valence-electron chi connectivity index (χ0n) is 13.0. The maximum atomic E-state index is 11.7. The van der Waals surface area contributed by atoms with Crippen LogP contribution in [0.1, 0.15) is 28.4 Å². The number of carboxylic acid groups (broad SMARTS) is 1. The van der Waals surface area contributed by atoms with Crippen LogP contribution in [0.4, 0.5) is 0 Å². The van der Waals surface area contributed by atoms with Crippen molar-refractivity contribution < 1.29 is 23.8 Å². The van der Waals surface area contributed by atoms with Gasteiger partial charge in [-0.25, -0.2) is 4.79 Å². The van der Waals surface area contributed by atoms with E-state index in [2.05, 4.69) is 5.32 Å². The van der Waals surface area contributed by atoms with E-state index < -0.39 is 12.0 Å². The summed E-state index contributed by atoms with van der Waals surface area (Å²) in [6.45, 7) is 2.10. The number of furan rings is 1. The number of carboxylic acids is 1. The summed E-state index contributed by atoms with van der Waals surface area (Å²) in [6.07, 6.45) is 0. The van der Waals surface area contributed by atoms with Gasteiger partial charge in [0.1, 0.15) is 22.9 Å². The van der Waals surface area contributed by atoms with E-state index in [-0.39, 0.29) is 11.3 Å². The first-order valence-electron chi connectivity index (χ1n) is 7.56. The Hall–Kier alpha value is -2.25. The lowest BCUT2D eigenvalue weighted by Gasteiger charge is -2.07. The van der Waals surface area contributed by atoms with Crippen molar-refractivity contribution in [1.29, 1.82) is 0 Å². The third-order valence-corrected chi connectivity index (χ3v) is 4.87. The molecule has 7 heteroatoms. The molecular formula is C17H17NO5S. The molecule has 0 spiro atoms. The fourth-order valence-corrected chi connectivity index (χ4v) is 3.59. The molecule has 24 heavy (non-hydrogen) atoms. The molecule has 126 valence electrons. The van der Waals surface area contributed by atoms with Crippen LogP contribution >= 0.6 is 11.8 Å². The lowest BCUT2D eigenvalue weighted by molar-refractivity contribution is -0.138. The molecule has 2 heterocycles. The van der Waals surface area contributed by atoms with Crippen LogP contribution in [0.3, 0.4) is 0 Å². The predicted molar refractivity (Wildman–Crippen MR) is 89.9 cm³/mol. The maximum absolute atomic E-state index is 11.7. The van der Waals surface area contributed by atoms with Gasteiger partial charge >= 0.3 is 11.9 Å². The maximum Gasteiger partial charge on any atom is 0.338 e. The number of aliphatic carboxylic acids is 1. The van der Waals surface area contributed by atoms with Gasteiger partial charge in [0.15, 0.2) is 0 Å². The van der Waals surface area contributed by atoms with Crippen LogP contribution in [-0.2, 0) is 9.53 Å². The quantitative estimate of drug-likeness (QED) is 0.804. The molecule has 0 saturated carbocycles. The first-order chi connectivity index (χ1) is 11.6. The third kappa shape index (κ3) is 3.47. The molecule has 1 aromatic carbocycles. The van der Waals surface area contributed by atoms with E-state index in [4.69, 9.17) is 14.3 Å². The average Bonchev–Trinajstić information content (AvgIpc) is 3.24. The van der Waals surface area contributed by atoms with Crippen LogP contribution in [-0.4, -0.2) is 35.4 Å². The normalized spacial score (nSPS) is 20.0. The van der Waals surface area contributed by atoms with Crippen LogP contribution in [0.25, 0.3) is 11.3 Å². The van der Waals surface area contributed by atoms with E-state index in [9.17, 15) is 9.59 Å². The van der Waals surface area contributed by atoms with Gasteiger partial charge in [-0.1, -0.05) is 12.1 Å². The summed E-state index contributed by atoms with van der Waals surface area (Å²) >= 11 is 1.51. The second-order valence-corrected chi connectivity index (χ2v) is 6.41. The Morgan fingerprint density at radius 3 is 2.67 bits per heavy atom. The number of carbonyl (C=O) groups is 2. The number of rotatable bonds is 5. The van der Waals surface area contributed by atoms with Crippen molar-refractivity contribution in [2.75, 3.05) is 12.4 Å². The second kappa shape index (κ2) is 7.11. The van der Waals surface area contributed by atoms with Crippen molar-refractivity contribution in [3.05, 3.63) is 47.7 Å². The van der Waals surface area contributed by atoms with Crippen molar-refractivity contribution >= 4 is 23.7 Å². The minimum absolute atomic E-state index is 0.168. The van der Waals surface area contributed by atoms with Gasteiger partial charge in [-0.2, -0.15) is 0 Å². The summed E-state index contributed by atoms with van der Waals surface area (Å²) < 4.78 is 10.8. The summed E-state index contributed by atoms with van der Waals surface area (Å²) in [6, 6.07) is 10.1. The van der Waals surface area contributed by atoms with Crippen LogP contribution in [0, 0.1) is 0 Å². The lowest BCUT2D eigenvalue weighted by Crippen LogP contribution is -2.33. The molecule has 6 nitrogen and oxygen atoms in total. The summed E-state index contributed by atoms with van der Waals surface area (Å²) in [7, 11) is 0. The largest absolute Gasteiger partial charge is 0.480 e. The Balaban J connectivity index is 1.72. The van der Waals surface area contributed by atoms with Crippen molar-refractivity contribution in [2.45, 2.75) is 18.3 Å². The average molecular weight is 347 g/mol. The number of nitrogens with one attached hydrogen (secondary N) is 1. The van der Waals surface area contributed by atoms with Crippen molar-refractivity contribution in [1.82, 2.24) is 5.32 Å². The zero-order valence-corrected chi connectivity index (χ0v) is 13.8. The molecule has 2 atom stereocenters. The number of esters is 1. The predicted octanol–water partition coefficient (Wildman–Crippen LogP) is 2.91. The summed E-state index contributed by atoms with van der Waals surface area (Å²) in [4.78, 5) is 22.6. The molecule has 1 saturated heterocycles. The van der Waals surface area contributed by atoms with Crippen molar-refractivity contribution in [2.24, 2.45) is 0 Å². The highest BCUT2D eigenvalue weighted by atomic mass is 32.2. The van der Waals surface area contributed by atoms with E-state index in [0.29, 0.717) is 29.4 Å². The Kier molecular flexibility index (Phi) is 4.92. The fourth-order valence-electron chi connectivity index (χ4n) is 2.41. The van der Waals surface area contributed by atoms with Gasteiger partial charge in [0, 0.05) is 11.3 Å². The molecule has 1 aliphatic rings. The molecule has 0 bridgehead atoms. The number of thioether (sulfide) groups is 1.